The van der Waals surface area contributed by atoms with Crippen molar-refractivity contribution < 1.29 is 4.68 Å². The third-order valence-corrected chi connectivity index (χ3v) is 9.60. The van der Waals surface area contributed by atoms with Gasteiger partial charge in [-0.3, -0.25) is 0 Å². The topological polar surface area (TPSA) is 8.81 Å². The van der Waals surface area contributed by atoms with E-state index < -0.39 is 0 Å². The second kappa shape index (κ2) is 13.2. The van der Waals surface area contributed by atoms with Crippen molar-refractivity contribution in [1.82, 2.24) is 4.68 Å². The second-order valence-corrected chi connectivity index (χ2v) is 14.3. The summed E-state index contributed by atoms with van der Waals surface area (Å²) in [7, 11) is 2.26. The minimum absolute atomic E-state index is 0.200. The monoisotopic (exact) mass is 565 g/mol. The van der Waals surface area contributed by atoms with Gasteiger partial charge in [-0.15, -0.1) is 4.68 Å². The van der Waals surface area contributed by atoms with Crippen LogP contribution in [0, 0.1) is 5.92 Å². The van der Waals surface area contributed by atoms with Crippen LogP contribution in [0.5, 0.6) is 0 Å². The van der Waals surface area contributed by atoms with Gasteiger partial charge in [-0.25, -0.2) is 0 Å². The van der Waals surface area contributed by atoms with Crippen LogP contribution < -0.4 is 4.68 Å². The smallest absolute Gasteiger partial charge is 0.157 e. The zero-order valence-corrected chi connectivity index (χ0v) is 28.4. The number of hydrogen-bond acceptors (Lipinski definition) is 0. The predicted molar refractivity (Wildman–Crippen MR) is 183 cm³/mol. The van der Waals surface area contributed by atoms with Crippen LogP contribution >= 0.6 is 0 Å². The quantitative estimate of drug-likeness (QED) is 0.143. The van der Waals surface area contributed by atoms with Crippen molar-refractivity contribution in [2.75, 3.05) is 0 Å². The van der Waals surface area contributed by atoms with Gasteiger partial charge in [0.1, 0.15) is 0 Å². The van der Waals surface area contributed by atoms with Crippen molar-refractivity contribution in [2.24, 2.45) is 13.0 Å². The molecule has 0 aliphatic rings. The number of aromatic nitrogens is 2. The van der Waals surface area contributed by atoms with Crippen LogP contribution in [-0.4, -0.2) is 4.68 Å². The van der Waals surface area contributed by atoms with E-state index in [2.05, 4.69) is 139 Å². The molecular weight excluding hydrogens is 508 g/mol. The minimum Gasteiger partial charge on any atom is -0.157 e. The van der Waals surface area contributed by atoms with Gasteiger partial charge in [0.05, 0.1) is 23.2 Å². The first-order chi connectivity index (χ1) is 19.9. The summed E-state index contributed by atoms with van der Waals surface area (Å²) in [4.78, 5) is 0. The Labute approximate surface area is 257 Å². The number of hydrogen-bond donors (Lipinski definition) is 0. The van der Waals surface area contributed by atoms with Crippen LogP contribution in [0.3, 0.4) is 0 Å². The van der Waals surface area contributed by atoms with Gasteiger partial charge in [-0.1, -0.05) is 143 Å². The maximum absolute atomic E-state index is 2.53. The normalized spacial score (nSPS) is 12.5. The molecule has 0 radical (unpaired) electrons. The molecule has 0 amide bonds. The SMILES string of the molecule is CCCCC(C)(C)c1ccc(-c2ccc(-c3ccc(C(C)(C)CCCC)cc3)c3c2c(CC)n(CC(C)C)[n+]3C)cc1. The Kier molecular flexibility index (Phi) is 10.1. The van der Waals surface area contributed by atoms with Crippen LogP contribution in [0.1, 0.15) is 118 Å². The Balaban J connectivity index is 1.87. The van der Waals surface area contributed by atoms with Crippen molar-refractivity contribution >= 4 is 10.9 Å². The van der Waals surface area contributed by atoms with E-state index in [1.807, 2.05) is 0 Å². The molecule has 0 saturated heterocycles. The molecule has 0 aliphatic carbocycles. The molecular formula is C40H57N2+. The molecule has 4 aromatic rings. The standard InChI is InChI=1S/C40H57N2/c1-11-14-26-39(6,7)32-20-16-30(17-21-32)34-24-25-35(31-18-22-33(23-19-31)40(8,9)27-15-12-2)38-37(34)36(13-3)42(41(38)10)28-29(4)5/h16-25,29H,11-15,26-28H2,1-10H3/q+1. The summed E-state index contributed by atoms with van der Waals surface area (Å²) in [5.41, 5.74) is 11.3. The Bertz CT molecular complexity index is 1460. The number of nitrogens with zero attached hydrogens (tertiary/aromatic N) is 2. The summed E-state index contributed by atoms with van der Waals surface area (Å²) in [6, 6.07) is 23.7. The number of rotatable bonds is 13. The molecule has 1 aromatic heterocycles. The van der Waals surface area contributed by atoms with E-state index in [9.17, 15) is 0 Å². The van der Waals surface area contributed by atoms with E-state index in [0.29, 0.717) is 5.92 Å². The fourth-order valence-electron chi connectivity index (χ4n) is 6.79. The first-order valence-corrected chi connectivity index (χ1v) is 16.7. The molecule has 0 saturated carbocycles. The third kappa shape index (κ3) is 6.53. The predicted octanol–water partition coefficient (Wildman–Crippen LogP) is 11.0. The highest BCUT2D eigenvalue weighted by atomic mass is 15.4. The molecule has 2 heteroatoms. The molecule has 0 atom stereocenters. The van der Waals surface area contributed by atoms with Gasteiger partial charge in [-0.2, -0.15) is 4.68 Å². The highest BCUT2D eigenvalue weighted by Gasteiger charge is 2.28. The lowest BCUT2D eigenvalue weighted by molar-refractivity contribution is -0.731. The van der Waals surface area contributed by atoms with Gasteiger partial charge in [0.2, 0.25) is 5.52 Å². The lowest BCUT2D eigenvalue weighted by atomic mass is 9.79. The lowest BCUT2D eigenvalue weighted by Gasteiger charge is -2.25. The molecule has 2 nitrogen and oxygen atoms in total. The van der Waals surface area contributed by atoms with Gasteiger partial charge >= 0.3 is 0 Å². The molecule has 226 valence electrons. The van der Waals surface area contributed by atoms with Crippen LogP contribution in [0.15, 0.2) is 60.7 Å². The van der Waals surface area contributed by atoms with Crippen molar-refractivity contribution in [3.8, 4) is 22.3 Å². The molecule has 4 rings (SSSR count). The van der Waals surface area contributed by atoms with E-state index in [0.717, 1.165) is 13.0 Å². The zero-order chi connectivity index (χ0) is 30.7. The molecule has 0 unspecified atom stereocenters. The minimum atomic E-state index is 0.200. The Morgan fingerprint density at radius 3 is 1.55 bits per heavy atom. The maximum atomic E-state index is 2.53. The molecule has 0 bridgehead atoms. The van der Waals surface area contributed by atoms with Crippen LogP contribution in [0.2, 0.25) is 0 Å². The molecule has 0 spiro atoms. The lowest BCUT2D eigenvalue weighted by Crippen LogP contribution is -2.41. The number of fused-ring (bicyclic) bond motifs is 1. The number of aryl methyl sites for hydroxylation is 2. The molecule has 0 aliphatic heterocycles. The van der Waals surface area contributed by atoms with E-state index >= 15 is 0 Å². The van der Waals surface area contributed by atoms with Crippen molar-refractivity contribution in [2.45, 2.75) is 125 Å². The van der Waals surface area contributed by atoms with Gasteiger partial charge < -0.3 is 0 Å². The fourth-order valence-corrected chi connectivity index (χ4v) is 6.79. The van der Waals surface area contributed by atoms with Gasteiger partial charge in [-0.05, 0) is 69.9 Å². The van der Waals surface area contributed by atoms with E-state index in [-0.39, 0.29) is 10.8 Å². The number of unbranched alkanes of at least 4 members (excludes halogenated alkanes) is 2. The molecule has 1 heterocycles. The largest absolute Gasteiger partial charge is 0.246 e. The van der Waals surface area contributed by atoms with E-state index in [1.165, 1.54) is 88.5 Å². The summed E-state index contributed by atoms with van der Waals surface area (Å²) in [5, 5.41) is 1.41. The van der Waals surface area contributed by atoms with Crippen molar-refractivity contribution in [1.29, 1.82) is 0 Å². The second-order valence-electron chi connectivity index (χ2n) is 14.3. The van der Waals surface area contributed by atoms with Gasteiger partial charge in [0, 0.05) is 0 Å². The summed E-state index contributed by atoms with van der Waals surface area (Å²) in [5.74, 6) is 0.574. The summed E-state index contributed by atoms with van der Waals surface area (Å²) in [6.07, 6.45) is 8.49. The molecule has 0 fully saturated rings. The van der Waals surface area contributed by atoms with Crippen molar-refractivity contribution in [3.63, 3.8) is 0 Å². The van der Waals surface area contributed by atoms with Crippen LogP contribution in [0.25, 0.3) is 33.2 Å². The average molecular weight is 566 g/mol. The van der Waals surface area contributed by atoms with Gasteiger partial charge in [0.15, 0.2) is 7.05 Å². The number of benzene rings is 3. The highest BCUT2D eigenvalue weighted by molar-refractivity contribution is 6.02. The summed E-state index contributed by atoms with van der Waals surface area (Å²) < 4.78 is 4.97. The van der Waals surface area contributed by atoms with E-state index in [1.54, 1.807) is 0 Å². The summed E-state index contributed by atoms with van der Waals surface area (Å²) >= 11 is 0. The first-order valence-electron chi connectivity index (χ1n) is 16.7. The Morgan fingerprint density at radius 2 is 1.12 bits per heavy atom. The molecule has 3 aromatic carbocycles. The Hall–Kier alpha value is -2.87. The van der Waals surface area contributed by atoms with Crippen molar-refractivity contribution in [3.05, 3.63) is 77.5 Å². The van der Waals surface area contributed by atoms with E-state index in [4.69, 9.17) is 0 Å². The maximum Gasteiger partial charge on any atom is 0.246 e. The molecule has 0 N–H and O–H groups in total. The summed E-state index contributed by atoms with van der Waals surface area (Å²) in [6.45, 7) is 22.1. The first kappa shape index (κ1) is 32.1. The molecule has 42 heavy (non-hydrogen) atoms. The highest BCUT2D eigenvalue weighted by Crippen LogP contribution is 2.39. The Morgan fingerprint density at radius 1 is 0.667 bits per heavy atom. The van der Waals surface area contributed by atoms with Gasteiger partial charge in [0.25, 0.3) is 0 Å². The third-order valence-electron chi connectivity index (χ3n) is 9.60. The van der Waals surface area contributed by atoms with Crippen LogP contribution in [-0.2, 0) is 30.8 Å². The average Bonchev–Trinajstić information content (AvgIpc) is 3.25. The van der Waals surface area contributed by atoms with Crippen LogP contribution in [0.4, 0.5) is 0 Å². The zero-order valence-electron chi connectivity index (χ0n) is 28.4. The fraction of sp³-hybridized carbons (Fsp3) is 0.525.